The van der Waals surface area contributed by atoms with Crippen molar-refractivity contribution in [3.63, 3.8) is 0 Å². The van der Waals surface area contributed by atoms with Gasteiger partial charge in [0.05, 0.1) is 22.4 Å². The van der Waals surface area contributed by atoms with Crippen LogP contribution < -0.4 is 14.5 Å². The summed E-state index contributed by atoms with van der Waals surface area (Å²) in [6.45, 7) is 16.5. The predicted molar refractivity (Wildman–Crippen MR) is 260 cm³/mol. The Bertz CT molecular complexity index is 3130. The number of para-hydroxylation sites is 3. The molecule has 0 saturated heterocycles. The molecule has 7 aromatic carbocycles. The van der Waals surface area contributed by atoms with Crippen molar-refractivity contribution in [3.8, 4) is 39.6 Å². The summed E-state index contributed by atoms with van der Waals surface area (Å²) in [5.74, 6) is 2.42. The van der Waals surface area contributed by atoms with Gasteiger partial charge in [-0.1, -0.05) is 139 Å². The number of rotatable bonds is 7. The summed E-state index contributed by atoms with van der Waals surface area (Å²) in [7, 11) is 0. The molecule has 5 heteroatoms. The molecule has 0 amide bonds. The van der Waals surface area contributed by atoms with Crippen molar-refractivity contribution in [3.05, 3.63) is 193 Å². The molecule has 0 unspecified atom stereocenters. The first-order valence-electron chi connectivity index (χ1n) is 21.6. The van der Waals surface area contributed by atoms with E-state index in [1.165, 1.54) is 50.1 Å². The minimum atomic E-state index is -0.0132. The van der Waals surface area contributed by atoms with Crippen LogP contribution in [-0.4, -0.2) is 16.2 Å². The van der Waals surface area contributed by atoms with Crippen molar-refractivity contribution in [2.45, 2.75) is 59.3 Å². The Labute approximate surface area is 365 Å². The van der Waals surface area contributed by atoms with E-state index in [0.29, 0.717) is 6.67 Å². The monoisotopic (exact) mass is 808 g/mol. The van der Waals surface area contributed by atoms with Gasteiger partial charge in [-0.15, -0.1) is 0 Å². The summed E-state index contributed by atoms with van der Waals surface area (Å²) in [5, 5.41) is 2.33. The third kappa shape index (κ3) is 7.17. The second-order valence-corrected chi connectivity index (χ2v) is 18.7. The topological polar surface area (TPSA) is 33.5 Å². The van der Waals surface area contributed by atoms with Crippen LogP contribution in [0.25, 0.3) is 49.9 Å². The molecule has 1 aliphatic heterocycles. The van der Waals surface area contributed by atoms with Gasteiger partial charge in [-0.3, -0.25) is 4.57 Å². The van der Waals surface area contributed by atoms with E-state index in [4.69, 9.17) is 9.72 Å². The summed E-state index contributed by atoms with van der Waals surface area (Å²) in [4.78, 5) is 9.93. The van der Waals surface area contributed by atoms with Gasteiger partial charge in [0.25, 0.3) is 0 Å². The van der Waals surface area contributed by atoms with Crippen molar-refractivity contribution in [1.82, 2.24) is 9.55 Å². The average molecular weight is 809 g/mol. The van der Waals surface area contributed by atoms with Gasteiger partial charge in [0.2, 0.25) is 0 Å². The number of anilines is 4. The van der Waals surface area contributed by atoms with Crippen LogP contribution in [0.5, 0.6) is 11.5 Å². The first-order valence-corrected chi connectivity index (χ1v) is 21.6. The lowest BCUT2D eigenvalue weighted by atomic mass is 9.85. The Morgan fingerprint density at radius 2 is 1.13 bits per heavy atom. The normalized spacial score (nSPS) is 13.0. The van der Waals surface area contributed by atoms with E-state index in [1.807, 2.05) is 12.3 Å². The Morgan fingerprint density at radius 3 is 1.89 bits per heavy atom. The number of aromatic nitrogens is 2. The van der Waals surface area contributed by atoms with Crippen LogP contribution in [0.4, 0.5) is 22.7 Å². The molecule has 0 spiro atoms. The number of fused-ring (bicyclic) bond motifs is 4. The third-order valence-corrected chi connectivity index (χ3v) is 12.3. The van der Waals surface area contributed by atoms with Gasteiger partial charge in [-0.25, -0.2) is 4.98 Å². The SMILES string of the molecule is Cc1cc(-n2c3ccccc3c3ccc(Oc4cccc(N5CN(c6cc(-c7ccccc7)cc(C(C)(C)C)c6)c6ccccc65)c4)cc32)ncc1-c1cccc(C(C)(C)C)c1. The quantitative estimate of drug-likeness (QED) is 0.161. The van der Waals surface area contributed by atoms with Gasteiger partial charge in [-0.05, 0) is 112 Å². The molecule has 0 bridgehead atoms. The first kappa shape index (κ1) is 39.1. The number of pyridine rings is 1. The number of aryl methyl sites for hydroxylation is 1. The van der Waals surface area contributed by atoms with Crippen LogP contribution in [0.3, 0.4) is 0 Å². The van der Waals surface area contributed by atoms with Crippen LogP contribution in [0.1, 0.15) is 58.2 Å². The highest BCUT2D eigenvalue weighted by Gasteiger charge is 2.29. The van der Waals surface area contributed by atoms with E-state index in [-0.39, 0.29) is 10.8 Å². The number of nitrogens with zero attached hydrogens (tertiary/aromatic N) is 4. The Hall–Kier alpha value is -7.11. The van der Waals surface area contributed by atoms with Crippen molar-refractivity contribution in [1.29, 1.82) is 0 Å². The summed E-state index contributed by atoms with van der Waals surface area (Å²) in [6, 6.07) is 60.9. The molecular formula is C57H52N4O. The van der Waals surface area contributed by atoms with E-state index in [1.54, 1.807) is 0 Å². The summed E-state index contributed by atoms with van der Waals surface area (Å²) in [5.41, 5.74) is 15.4. The molecule has 10 rings (SSSR count). The molecule has 0 saturated carbocycles. The van der Waals surface area contributed by atoms with E-state index < -0.39 is 0 Å². The smallest absolute Gasteiger partial charge is 0.137 e. The number of hydrogen-bond acceptors (Lipinski definition) is 4. The molecular weight excluding hydrogens is 757 g/mol. The molecule has 306 valence electrons. The standard InChI is InChI=1S/C57H52N4O/c1-38-29-55(58-36-50(38)40-19-15-20-42(30-40)56(2,3)4)61-51-24-12-11-23-48(51)49-28-27-47(35-54(49)61)62-46-22-16-21-44(34-46)59-37-60(53-26-14-13-25-52(53)59)45-32-41(39-17-9-8-10-18-39)31-43(33-45)57(5,6)7/h8-36H,37H2,1-7H3. The minimum Gasteiger partial charge on any atom is -0.457 e. The van der Waals surface area contributed by atoms with Crippen molar-refractivity contribution in [2.24, 2.45) is 0 Å². The average Bonchev–Trinajstić information content (AvgIpc) is 3.82. The maximum absolute atomic E-state index is 6.76. The molecule has 0 atom stereocenters. The molecule has 0 N–H and O–H groups in total. The van der Waals surface area contributed by atoms with E-state index in [9.17, 15) is 0 Å². The van der Waals surface area contributed by atoms with Gasteiger partial charge >= 0.3 is 0 Å². The minimum absolute atomic E-state index is 0.0132. The lowest BCUT2D eigenvalue weighted by Crippen LogP contribution is -2.24. The fourth-order valence-corrected chi connectivity index (χ4v) is 8.88. The molecule has 0 radical (unpaired) electrons. The van der Waals surface area contributed by atoms with Gasteiger partial charge in [0.15, 0.2) is 0 Å². The summed E-state index contributed by atoms with van der Waals surface area (Å²) in [6.07, 6.45) is 2.03. The zero-order chi connectivity index (χ0) is 42.8. The van der Waals surface area contributed by atoms with Crippen molar-refractivity contribution < 1.29 is 4.74 Å². The van der Waals surface area contributed by atoms with Gasteiger partial charge in [0, 0.05) is 46.0 Å². The highest BCUT2D eigenvalue weighted by molar-refractivity contribution is 6.09. The van der Waals surface area contributed by atoms with Crippen molar-refractivity contribution >= 4 is 44.6 Å². The van der Waals surface area contributed by atoms with Crippen LogP contribution >= 0.6 is 0 Å². The van der Waals surface area contributed by atoms with Crippen LogP contribution in [-0.2, 0) is 10.8 Å². The lowest BCUT2D eigenvalue weighted by molar-refractivity contribution is 0.483. The second-order valence-electron chi connectivity index (χ2n) is 18.7. The van der Waals surface area contributed by atoms with Gasteiger partial charge in [-0.2, -0.15) is 0 Å². The lowest BCUT2D eigenvalue weighted by Gasteiger charge is -2.26. The Balaban J connectivity index is 0.984. The highest BCUT2D eigenvalue weighted by Crippen LogP contribution is 2.46. The van der Waals surface area contributed by atoms with E-state index >= 15 is 0 Å². The maximum atomic E-state index is 6.76. The third-order valence-electron chi connectivity index (χ3n) is 12.3. The Morgan fingerprint density at radius 1 is 0.484 bits per heavy atom. The fourth-order valence-electron chi connectivity index (χ4n) is 8.88. The molecule has 0 fully saturated rings. The van der Waals surface area contributed by atoms with Crippen molar-refractivity contribution in [2.75, 3.05) is 16.5 Å². The molecule has 62 heavy (non-hydrogen) atoms. The molecule has 0 aliphatic carbocycles. The molecule has 9 aromatic rings. The van der Waals surface area contributed by atoms with E-state index in [2.05, 4.69) is 227 Å². The molecule has 3 heterocycles. The van der Waals surface area contributed by atoms with Crippen LogP contribution in [0.2, 0.25) is 0 Å². The summed E-state index contributed by atoms with van der Waals surface area (Å²) < 4.78 is 9.02. The fraction of sp³-hybridized carbons (Fsp3) is 0.175. The van der Waals surface area contributed by atoms with E-state index in [0.717, 1.165) is 50.7 Å². The number of benzene rings is 7. The highest BCUT2D eigenvalue weighted by atomic mass is 16.5. The predicted octanol–water partition coefficient (Wildman–Crippen LogP) is 15.5. The molecule has 2 aromatic heterocycles. The number of hydrogen-bond donors (Lipinski definition) is 0. The first-order chi connectivity index (χ1) is 29.9. The van der Waals surface area contributed by atoms with Crippen LogP contribution in [0.15, 0.2) is 176 Å². The second kappa shape index (κ2) is 15.1. The van der Waals surface area contributed by atoms with Crippen LogP contribution in [0, 0.1) is 6.92 Å². The number of ether oxygens (including phenoxy) is 1. The van der Waals surface area contributed by atoms with Gasteiger partial charge in [0.1, 0.15) is 24.0 Å². The zero-order valence-electron chi connectivity index (χ0n) is 36.6. The zero-order valence-corrected chi connectivity index (χ0v) is 36.6. The molecule has 5 nitrogen and oxygen atoms in total. The largest absolute Gasteiger partial charge is 0.457 e. The Kier molecular flexibility index (Phi) is 9.52. The van der Waals surface area contributed by atoms with Gasteiger partial charge < -0.3 is 14.5 Å². The maximum Gasteiger partial charge on any atom is 0.137 e. The summed E-state index contributed by atoms with van der Waals surface area (Å²) >= 11 is 0. The molecule has 1 aliphatic rings.